The van der Waals surface area contributed by atoms with Crippen LogP contribution in [0.2, 0.25) is 0 Å². The number of hydrogen-bond donors (Lipinski definition) is 1. The topological polar surface area (TPSA) is 47.6 Å². The van der Waals surface area contributed by atoms with Gasteiger partial charge in [-0.1, -0.05) is 45.4 Å². The largest absolute Gasteiger partial charge is 0.493 e. The van der Waals surface area contributed by atoms with E-state index >= 15 is 0 Å². The van der Waals surface area contributed by atoms with E-state index < -0.39 is 0 Å². The maximum Gasteiger partial charge on any atom is 0.259 e. The Balaban J connectivity index is 2.05. The molecule has 1 N–H and O–H groups in total. The third-order valence-corrected chi connectivity index (χ3v) is 3.56. The van der Waals surface area contributed by atoms with Crippen molar-refractivity contribution in [3.05, 3.63) is 54.1 Å². The lowest BCUT2D eigenvalue weighted by molar-refractivity contribution is 0.102. The summed E-state index contributed by atoms with van der Waals surface area (Å²) in [5.41, 5.74) is 1.24. The first-order chi connectivity index (χ1) is 12.1. The van der Waals surface area contributed by atoms with Crippen LogP contribution < -0.4 is 14.8 Å². The second kappa shape index (κ2) is 9.72. The third kappa shape index (κ3) is 6.14. The molecule has 0 atom stereocenters. The lowest BCUT2D eigenvalue weighted by atomic mass is 10.1. The highest BCUT2D eigenvalue weighted by Crippen LogP contribution is 2.22. The predicted octanol–water partition coefficient (Wildman–Crippen LogP) is 5.15. The number of benzene rings is 2. The molecule has 0 heterocycles. The van der Waals surface area contributed by atoms with Crippen LogP contribution in [0.4, 0.5) is 5.69 Å². The van der Waals surface area contributed by atoms with Crippen molar-refractivity contribution in [3.8, 4) is 11.5 Å². The monoisotopic (exact) mass is 341 g/mol. The molecule has 0 aliphatic carbocycles. The van der Waals surface area contributed by atoms with Crippen LogP contribution in [0.15, 0.2) is 48.5 Å². The summed E-state index contributed by atoms with van der Waals surface area (Å²) in [4.78, 5) is 12.6. The first kappa shape index (κ1) is 18.8. The van der Waals surface area contributed by atoms with Crippen molar-refractivity contribution in [3.63, 3.8) is 0 Å². The highest BCUT2D eigenvalue weighted by Gasteiger charge is 2.12. The number of carbonyl (C=O) groups excluding carboxylic acids is 1. The molecule has 0 aliphatic heterocycles. The lowest BCUT2D eigenvalue weighted by Gasteiger charge is -2.13. The molecule has 2 rings (SSSR count). The van der Waals surface area contributed by atoms with Gasteiger partial charge in [0.2, 0.25) is 0 Å². The molecule has 2 aromatic carbocycles. The summed E-state index contributed by atoms with van der Waals surface area (Å²) in [6, 6.07) is 14.8. The number of para-hydroxylation sites is 1. The first-order valence-corrected chi connectivity index (χ1v) is 8.86. The van der Waals surface area contributed by atoms with E-state index in [0.29, 0.717) is 36.1 Å². The molecule has 25 heavy (non-hydrogen) atoms. The number of ether oxygens (including phenoxy) is 2. The van der Waals surface area contributed by atoms with Gasteiger partial charge in [0.15, 0.2) is 0 Å². The van der Waals surface area contributed by atoms with Gasteiger partial charge >= 0.3 is 0 Å². The van der Waals surface area contributed by atoms with Crippen LogP contribution in [0.3, 0.4) is 0 Å². The minimum absolute atomic E-state index is 0.187. The molecule has 0 bridgehead atoms. The van der Waals surface area contributed by atoms with E-state index in [4.69, 9.17) is 9.47 Å². The van der Waals surface area contributed by atoms with Crippen molar-refractivity contribution in [1.82, 2.24) is 0 Å². The number of rotatable bonds is 9. The molecule has 0 spiro atoms. The SMILES string of the molecule is CCCCOc1ccccc1C(=O)Nc1cccc(OCC(C)C)c1. The molecule has 0 saturated carbocycles. The summed E-state index contributed by atoms with van der Waals surface area (Å²) in [6.07, 6.45) is 2.02. The van der Waals surface area contributed by atoms with E-state index in [2.05, 4.69) is 26.1 Å². The summed E-state index contributed by atoms with van der Waals surface area (Å²) >= 11 is 0. The minimum atomic E-state index is -0.187. The second-order valence-electron chi connectivity index (χ2n) is 6.38. The highest BCUT2D eigenvalue weighted by atomic mass is 16.5. The van der Waals surface area contributed by atoms with Gasteiger partial charge in [0.1, 0.15) is 11.5 Å². The maximum absolute atomic E-state index is 12.6. The Morgan fingerprint density at radius 2 is 1.88 bits per heavy atom. The van der Waals surface area contributed by atoms with Crippen molar-refractivity contribution < 1.29 is 14.3 Å². The molecule has 4 nitrogen and oxygen atoms in total. The van der Waals surface area contributed by atoms with Crippen LogP contribution >= 0.6 is 0 Å². The Bertz CT molecular complexity index is 682. The van der Waals surface area contributed by atoms with Crippen LogP contribution in [0.25, 0.3) is 0 Å². The van der Waals surface area contributed by atoms with E-state index in [0.717, 1.165) is 18.6 Å². The Morgan fingerprint density at radius 3 is 2.64 bits per heavy atom. The number of hydrogen-bond acceptors (Lipinski definition) is 3. The molecule has 2 aromatic rings. The van der Waals surface area contributed by atoms with Crippen molar-refractivity contribution in [2.45, 2.75) is 33.6 Å². The fourth-order valence-corrected chi connectivity index (χ4v) is 2.23. The predicted molar refractivity (Wildman–Crippen MR) is 102 cm³/mol. The number of anilines is 1. The fraction of sp³-hybridized carbons (Fsp3) is 0.381. The molecule has 0 unspecified atom stereocenters. The summed E-state index contributed by atoms with van der Waals surface area (Å²) in [5.74, 6) is 1.62. The number of nitrogens with one attached hydrogen (secondary N) is 1. The van der Waals surface area contributed by atoms with Crippen molar-refractivity contribution in [2.24, 2.45) is 5.92 Å². The van der Waals surface area contributed by atoms with E-state index in [-0.39, 0.29) is 5.91 Å². The lowest BCUT2D eigenvalue weighted by Crippen LogP contribution is -2.14. The molecule has 0 aromatic heterocycles. The van der Waals surface area contributed by atoms with Crippen molar-refractivity contribution >= 4 is 11.6 Å². The standard InChI is InChI=1S/C21H27NO3/c1-4-5-13-24-20-12-7-6-11-19(20)21(23)22-17-9-8-10-18(14-17)25-15-16(2)3/h6-12,14,16H,4-5,13,15H2,1-3H3,(H,22,23). The zero-order chi connectivity index (χ0) is 18.1. The van der Waals surface area contributed by atoms with Crippen LogP contribution in [-0.2, 0) is 0 Å². The molecule has 0 aliphatic rings. The van der Waals surface area contributed by atoms with Gasteiger partial charge in [-0.2, -0.15) is 0 Å². The van der Waals surface area contributed by atoms with Crippen molar-refractivity contribution in [1.29, 1.82) is 0 Å². The zero-order valence-electron chi connectivity index (χ0n) is 15.2. The normalized spacial score (nSPS) is 10.6. The van der Waals surface area contributed by atoms with Gasteiger partial charge < -0.3 is 14.8 Å². The van der Waals surface area contributed by atoms with Crippen molar-refractivity contribution in [2.75, 3.05) is 18.5 Å². The highest BCUT2D eigenvalue weighted by molar-refractivity contribution is 6.06. The average Bonchev–Trinajstić information content (AvgIpc) is 2.61. The molecular formula is C21H27NO3. The summed E-state index contributed by atoms with van der Waals surface area (Å²) in [5, 5.41) is 2.92. The average molecular weight is 341 g/mol. The zero-order valence-corrected chi connectivity index (χ0v) is 15.2. The summed E-state index contributed by atoms with van der Waals surface area (Å²) in [6.45, 7) is 7.56. The van der Waals surface area contributed by atoms with Gasteiger partial charge in [0.25, 0.3) is 5.91 Å². The minimum Gasteiger partial charge on any atom is -0.493 e. The van der Waals surface area contributed by atoms with Gasteiger partial charge in [-0.25, -0.2) is 0 Å². The van der Waals surface area contributed by atoms with E-state index in [1.54, 1.807) is 6.07 Å². The molecular weight excluding hydrogens is 314 g/mol. The Kier molecular flexibility index (Phi) is 7.33. The first-order valence-electron chi connectivity index (χ1n) is 8.86. The Labute approximate surface area is 150 Å². The molecule has 134 valence electrons. The quantitative estimate of drug-likeness (QED) is 0.641. The second-order valence-corrected chi connectivity index (χ2v) is 6.38. The van der Waals surface area contributed by atoms with Crippen LogP contribution in [0, 0.1) is 5.92 Å². The van der Waals surface area contributed by atoms with Gasteiger partial charge in [0.05, 0.1) is 18.8 Å². The molecule has 0 radical (unpaired) electrons. The Hall–Kier alpha value is -2.49. The fourth-order valence-electron chi connectivity index (χ4n) is 2.23. The molecule has 0 fully saturated rings. The third-order valence-electron chi connectivity index (χ3n) is 3.56. The van der Waals surface area contributed by atoms with Gasteiger partial charge in [0, 0.05) is 11.8 Å². The molecule has 0 saturated heterocycles. The van der Waals surface area contributed by atoms with Crippen LogP contribution in [0.1, 0.15) is 44.0 Å². The van der Waals surface area contributed by atoms with Gasteiger partial charge in [-0.3, -0.25) is 4.79 Å². The summed E-state index contributed by atoms with van der Waals surface area (Å²) in [7, 11) is 0. The van der Waals surface area contributed by atoms with E-state index in [1.165, 1.54) is 0 Å². The number of carbonyl (C=O) groups is 1. The summed E-state index contributed by atoms with van der Waals surface area (Å²) < 4.78 is 11.4. The molecule has 4 heteroatoms. The van der Waals surface area contributed by atoms with Gasteiger partial charge in [-0.05, 0) is 36.6 Å². The van der Waals surface area contributed by atoms with Gasteiger partial charge in [-0.15, -0.1) is 0 Å². The van der Waals surface area contributed by atoms with E-state index in [1.807, 2.05) is 42.5 Å². The maximum atomic E-state index is 12.6. The number of unbranched alkanes of at least 4 members (excludes halogenated alkanes) is 1. The van der Waals surface area contributed by atoms with E-state index in [9.17, 15) is 4.79 Å². The molecule has 1 amide bonds. The number of amides is 1. The Morgan fingerprint density at radius 1 is 1.08 bits per heavy atom. The van der Waals surface area contributed by atoms with Crippen LogP contribution in [0.5, 0.6) is 11.5 Å². The van der Waals surface area contributed by atoms with Crippen LogP contribution in [-0.4, -0.2) is 19.1 Å². The smallest absolute Gasteiger partial charge is 0.259 e.